The SMILES string of the molecule is CC(C)C(C)COC(=O)/C=C/C(=O)OCCN1CCOCC1. The maximum Gasteiger partial charge on any atom is 0.331 e. The summed E-state index contributed by atoms with van der Waals surface area (Å²) in [6.07, 6.45) is 2.23. The van der Waals surface area contributed by atoms with Gasteiger partial charge in [-0.3, -0.25) is 4.90 Å². The molecule has 0 spiro atoms. The van der Waals surface area contributed by atoms with Gasteiger partial charge in [-0.05, 0) is 11.8 Å². The molecule has 1 fully saturated rings. The minimum atomic E-state index is -0.526. The Kier molecular flexibility index (Phi) is 8.77. The highest BCUT2D eigenvalue weighted by Crippen LogP contribution is 2.09. The Labute approximate surface area is 132 Å². The lowest BCUT2D eigenvalue weighted by atomic mass is 9.99. The van der Waals surface area contributed by atoms with E-state index in [0.717, 1.165) is 25.2 Å². The largest absolute Gasteiger partial charge is 0.462 e. The lowest BCUT2D eigenvalue weighted by Crippen LogP contribution is -2.38. The fourth-order valence-electron chi connectivity index (χ4n) is 1.74. The van der Waals surface area contributed by atoms with Crippen molar-refractivity contribution in [2.24, 2.45) is 11.8 Å². The van der Waals surface area contributed by atoms with Crippen LogP contribution in [0.3, 0.4) is 0 Å². The third-order valence-corrected chi connectivity index (χ3v) is 3.74. The van der Waals surface area contributed by atoms with Crippen LogP contribution in [-0.2, 0) is 23.8 Å². The summed E-state index contributed by atoms with van der Waals surface area (Å²) in [5, 5.41) is 0. The zero-order valence-corrected chi connectivity index (χ0v) is 13.7. The summed E-state index contributed by atoms with van der Waals surface area (Å²) >= 11 is 0. The van der Waals surface area contributed by atoms with Crippen LogP contribution in [0.15, 0.2) is 12.2 Å². The molecular formula is C16H27NO5. The first-order chi connectivity index (χ1) is 10.5. The molecule has 0 aromatic heterocycles. The minimum Gasteiger partial charge on any atom is -0.462 e. The second kappa shape index (κ2) is 10.3. The van der Waals surface area contributed by atoms with Gasteiger partial charge in [0, 0.05) is 31.8 Å². The Hall–Kier alpha value is -1.40. The molecule has 1 atom stereocenters. The van der Waals surface area contributed by atoms with Gasteiger partial charge in [0.05, 0.1) is 19.8 Å². The zero-order valence-electron chi connectivity index (χ0n) is 13.7. The Bertz CT molecular complexity index is 375. The molecule has 126 valence electrons. The van der Waals surface area contributed by atoms with Crippen molar-refractivity contribution in [1.29, 1.82) is 0 Å². The molecule has 0 amide bonds. The number of carbonyl (C=O) groups is 2. The molecule has 0 N–H and O–H groups in total. The molecule has 6 heteroatoms. The van der Waals surface area contributed by atoms with Crippen LogP contribution in [0.4, 0.5) is 0 Å². The lowest BCUT2D eigenvalue weighted by Gasteiger charge is -2.25. The molecule has 1 heterocycles. The smallest absolute Gasteiger partial charge is 0.331 e. The molecule has 1 unspecified atom stereocenters. The predicted molar refractivity (Wildman–Crippen MR) is 82.3 cm³/mol. The fourth-order valence-corrected chi connectivity index (χ4v) is 1.74. The number of morpholine rings is 1. The highest BCUT2D eigenvalue weighted by Gasteiger charge is 2.11. The first-order valence-electron chi connectivity index (χ1n) is 7.80. The molecule has 1 saturated heterocycles. The van der Waals surface area contributed by atoms with Gasteiger partial charge in [0.2, 0.25) is 0 Å². The molecule has 0 radical (unpaired) electrons. The minimum absolute atomic E-state index is 0.290. The van der Waals surface area contributed by atoms with E-state index in [9.17, 15) is 9.59 Å². The average Bonchev–Trinajstić information content (AvgIpc) is 2.51. The van der Waals surface area contributed by atoms with E-state index >= 15 is 0 Å². The molecule has 1 aliphatic rings. The molecule has 0 aromatic rings. The summed E-state index contributed by atoms with van der Waals surface area (Å²) < 4.78 is 15.3. The zero-order chi connectivity index (χ0) is 16.4. The van der Waals surface area contributed by atoms with Crippen LogP contribution in [-0.4, -0.2) is 62.9 Å². The molecular weight excluding hydrogens is 286 g/mol. The van der Waals surface area contributed by atoms with Crippen molar-refractivity contribution in [3.05, 3.63) is 12.2 Å². The summed E-state index contributed by atoms with van der Waals surface area (Å²) in [5.41, 5.74) is 0. The number of ether oxygens (including phenoxy) is 3. The third kappa shape index (κ3) is 8.14. The normalized spacial score (nSPS) is 17.6. The second-order valence-electron chi connectivity index (χ2n) is 5.81. The van der Waals surface area contributed by atoms with Crippen LogP contribution in [0.5, 0.6) is 0 Å². The van der Waals surface area contributed by atoms with Crippen LogP contribution in [0.2, 0.25) is 0 Å². The highest BCUT2D eigenvalue weighted by molar-refractivity contribution is 5.91. The summed E-state index contributed by atoms with van der Waals surface area (Å²) in [5.74, 6) is -0.306. The van der Waals surface area contributed by atoms with Gasteiger partial charge in [0.15, 0.2) is 0 Å². The predicted octanol–water partition coefficient (Wildman–Crippen LogP) is 1.25. The molecule has 1 rings (SSSR count). The van der Waals surface area contributed by atoms with Gasteiger partial charge >= 0.3 is 11.9 Å². The van der Waals surface area contributed by atoms with Crippen LogP contribution < -0.4 is 0 Å². The number of hydrogen-bond donors (Lipinski definition) is 0. The maximum atomic E-state index is 11.5. The van der Waals surface area contributed by atoms with E-state index in [-0.39, 0.29) is 5.92 Å². The van der Waals surface area contributed by atoms with Gasteiger partial charge in [-0.25, -0.2) is 9.59 Å². The Morgan fingerprint density at radius 1 is 1.09 bits per heavy atom. The first-order valence-corrected chi connectivity index (χ1v) is 7.80. The molecule has 22 heavy (non-hydrogen) atoms. The van der Waals surface area contributed by atoms with Crippen molar-refractivity contribution in [2.45, 2.75) is 20.8 Å². The summed E-state index contributed by atoms with van der Waals surface area (Å²) in [7, 11) is 0. The van der Waals surface area contributed by atoms with Gasteiger partial charge in [0.25, 0.3) is 0 Å². The third-order valence-electron chi connectivity index (χ3n) is 3.74. The second-order valence-corrected chi connectivity index (χ2v) is 5.81. The molecule has 0 bridgehead atoms. The van der Waals surface area contributed by atoms with Crippen molar-refractivity contribution in [1.82, 2.24) is 4.90 Å². The van der Waals surface area contributed by atoms with Crippen LogP contribution in [0.1, 0.15) is 20.8 Å². The van der Waals surface area contributed by atoms with E-state index in [2.05, 4.69) is 18.7 Å². The average molecular weight is 313 g/mol. The molecule has 0 aromatic carbocycles. The molecule has 0 aliphatic carbocycles. The fraction of sp³-hybridized carbons (Fsp3) is 0.750. The number of esters is 2. The standard InChI is InChI=1S/C16H27NO5/c1-13(2)14(3)12-22-16(19)5-4-15(18)21-11-8-17-6-9-20-10-7-17/h4-5,13-14H,6-12H2,1-3H3/b5-4+. The van der Waals surface area contributed by atoms with Gasteiger partial charge in [-0.15, -0.1) is 0 Å². The van der Waals surface area contributed by atoms with Gasteiger partial charge in [-0.2, -0.15) is 0 Å². The molecule has 6 nitrogen and oxygen atoms in total. The van der Waals surface area contributed by atoms with E-state index in [1.54, 1.807) is 0 Å². The summed E-state index contributed by atoms with van der Waals surface area (Å²) in [4.78, 5) is 25.1. The van der Waals surface area contributed by atoms with E-state index in [1.807, 2.05) is 6.92 Å². The van der Waals surface area contributed by atoms with Gasteiger partial charge < -0.3 is 14.2 Å². The van der Waals surface area contributed by atoms with Crippen molar-refractivity contribution in [2.75, 3.05) is 46.1 Å². The quantitative estimate of drug-likeness (QED) is 0.496. The highest BCUT2D eigenvalue weighted by atomic mass is 16.5. The number of hydrogen-bond acceptors (Lipinski definition) is 6. The Morgan fingerprint density at radius 2 is 1.68 bits per heavy atom. The van der Waals surface area contributed by atoms with E-state index in [1.165, 1.54) is 0 Å². The monoisotopic (exact) mass is 313 g/mol. The topological polar surface area (TPSA) is 65.1 Å². The van der Waals surface area contributed by atoms with Crippen LogP contribution in [0.25, 0.3) is 0 Å². The van der Waals surface area contributed by atoms with Crippen molar-refractivity contribution in [3.8, 4) is 0 Å². The van der Waals surface area contributed by atoms with E-state index in [4.69, 9.17) is 14.2 Å². The van der Waals surface area contributed by atoms with Gasteiger partial charge in [0.1, 0.15) is 6.61 Å². The van der Waals surface area contributed by atoms with E-state index < -0.39 is 11.9 Å². The molecule has 0 saturated carbocycles. The Balaban J connectivity index is 2.13. The number of nitrogens with zero attached hydrogens (tertiary/aromatic N) is 1. The van der Waals surface area contributed by atoms with Gasteiger partial charge in [-0.1, -0.05) is 20.8 Å². The number of carbonyl (C=O) groups excluding carboxylic acids is 2. The first kappa shape index (κ1) is 18.6. The summed E-state index contributed by atoms with van der Waals surface area (Å²) in [6.45, 7) is 10.6. The Morgan fingerprint density at radius 3 is 2.27 bits per heavy atom. The lowest BCUT2D eigenvalue weighted by molar-refractivity contribution is -0.141. The van der Waals surface area contributed by atoms with Crippen molar-refractivity contribution in [3.63, 3.8) is 0 Å². The maximum absolute atomic E-state index is 11.5. The van der Waals surface area contributed by atoms with Crippen LogP contribution >= 0.6 is 0 Å². The van der Waals surface area contributed by atoms with Crippen LogP contribution in [0, 0.1) is 11.8 Å². The summed E-state index contributed by atoms with van der Waals surface area (Å²) in [6, 6.07) is 0. The van der Waals surface area contributed by atoms with E-state index in [0.29, 0.717) is 38.9 Å². The van der Waals surface area contributed by atoms with Crippen molar-refractivity contribution >= 4 is 11.9 Å². The number of rotatable bonds is 8. The molecule has 1 aliphatic heterocycles. The van der Waals surface area contributed by atoms with Crippen molar-refractivity contribution < 1.29 is 23.8 Å².